The molecule has 0 fully saturated rings. The van der Waals surface area contributed by atoms with Gasteiger partial charge in [0.1, 0.15) is 5.82 Å². The Bertz CT molecular complexity index is 1200. The van der Waals surface area contributed by atoms with Crippen molar-refractivity contribution in [2.75, 3.05) is 12.4 Å². The number of amides is 1. The van der Waals surface area contributed by atoms with Crippen LogP contribution in [0.25, 0.3) is 5.65 Å². The highest BCUT2D eigenvalue weighted by Crippen LogP contribution is 2.26. The van der Waals surface area contributed by atoms with E-state index in [4.69, 9.17) is 4.74 Å². The van der Waals surface area contributed by atoms with Crippen molar-refractivity contribution in [2.45, 2.75) is 25.7 Å². The second-order valence-corrected chi connectivity index (χ2v) is 7.98. The van der Waals surface area contributed by atoms with E-state index < -0.39 is 5.97 Å². The van der Waals surface area contributed by atoms with Crippen LogP contribution in [0.3, 0.4) is 0 Å². The smallest absolute Gasteiger partial charge is 0.357 e. The molecule has 158 valence electrons. The zero-order valence-electron chi connectivity index (χ0n) is 16.9. The first-order chi connectivity index (χ1) is 15.1. The lowest BCUT2D eigenvalue weighted by atomic mass is 10.1. The maximum Gasteiger partial charge on any atom is 0.357 e. The third-order valence-electron chi connectivity index (χ3n) is 4.72. The number of hydrogen-bond donors (Lipinski definition) is 1. The molecule has 0 saturated carbocycles. The van der Waals surface area contributed by atoms with E-state index in [-0.39, 0.29) is 11.6 Å². The largest absolute Gasteiger partial charge is 0.464 e. The average molecular weight is 436 g/mol. The number of carbonyl (C=O) groups excluding carboxylic acids is 2. The molecule has 0 aliphatic heterocycles. The number of aromatic nitrogens is 4. The number of aryl methyl sites for hydroxylation is 1. The quantitative estimate of drug-likeness (QED) is 0.425. The fourth-order valence-corrected chi connectivity index (χ4v) is 4.21. The van der Waals surface area contributed by atoms with Crippen LogP contribution in [0.4, 0.5) is 5.13 Å². The topological polar surface area (TPSA) is 98.5 Å². The zero-order valence-corrected chi connectivity index (χ0v) is 17.8. The number of rotatable bonds is 8. The summed E-state index contributed by atoms with van der Waals surface area (Å²) in [5, 5.41) is 11.5. The number of nitrogens with zero attached hydrogens (tertiary/aromatic N) is 4. The van der Waals surface area contributed by atoms with Crippen LogP contribution in [0.15, 0.2) is 54.7 Å². The normalized spacial score (nSPS) is 10.9. The minimum atomic E-state index is -0.513. The highest BCUT2D eigenvalue weighted by atomic mass is 32.1. The van der Waals surface area contributed by atoms with Crippen LogP contribution >= 0.6 is 11.3 Å². The average Bonchev–Trinajstić information content (AvgIpc) is 3.38. The Morgan fingerprint density at radius 1 is 1.10 bits per heavy atom. The first-order valence-electron chi connectivity index (χ1n) is 9.84. The highest BCUT2D eigenvalue weighted by Gasteiger charge is 2.20. The molecule has 4 rings (SSSR count). The molecule has 31 heavy (non-hydrogen) atoms. The van der Waals surface area contributed by atoms with Crippen molar-refractivity contribution < 1.29 is 14.3 Å². The Labute approximate surface area is 182 Å². The number of anilines is 1. The molecule has 0 saturated heterocycles. The number of esters is 1. The first-order valence-corrected chi connectivity index (χ1v) is 10.7. The van der Waals surface area contributed by atoms with Gasteiger partial charge in [0.15, 0.2) is 16.5 Å². The summed E-state index contributed by atoms with van der Waals surface area (Å²) >= 11 is 1.29. The molecule has 0 aliphatic carbocycles. The summed E-state index contributed by atoms with van der Waals surface area (Å²) in [5.41, 5.74) is 2.07. The van der Waals surface area contributed by atoms with Gasteiger partial charge in [-0.05, 0) is 24.1 Å². The minimum Gasteiger partial charge on any atom is -0.464 e. The molecule has 1 N–H and O–H groups in total. The van der Waals surface area contributed by atoms with E-state index in [2.05, 4.69) is 20.5 Å². The van der Waals surface area contributed by atoms with Crippen molar-refractivity contribution in [2.24, 2.45) is 0 Å². The van der Waals surface area contributed by atoms with Crippen LogP contribution in [0.2, 0.25) is 0 Å². The van der Waals surface area contributed by atoms with Gasteiger partial charge < -0.3 is 10.1 Å². The van der Waals surface area contributed by atoms with Crippen LogP contribution in [-0.4, -0.2) is 38.6 Å². The van der Waals surface area contributed by atoms with Crippen molar-refractivity contribution in [3.8, 4) is 0 Å². The van der Waals surface area contributed by atoms with E-state index in [0.717, 1.165) is 21.9 Å². The summed E-state index contributed by atoms with van der Waals surface area (Å²) in [6, 6.07) is 15.5. The van der Waals surface area contributed by atoms with Gasteiger partial charge in [0, 0.05) is 30.3 Å². The Hall–Kier alpha value is -3.59. The Morgan fingerprint density at radius 2 is 1.90 bits per heavy atom. The van der Waals surface area contributed by atoms with Crippen LogP contribution in [0.1, 0.15) is 39.6 Å². The van der Waals surface area contributed by atoms with E-state index in [0.29, 0.717) is 30.8 Å². The molecule has 0 aliphatic rings. The van der Waals surface area contributed by atoms with E-state index in [1.807, 2.05) is 59.1 Å². The molecular weight excluding hydrogens is 414 g/mol. The monoisotopic (exact) mass is 435 g/mol. The number of methoxy groups -OCH3 is 1. The fourth-order valence-electron chi connectivity index (χ4n) is 3.21. The van der Waals surface area contributed by atoms with Crippen molar-refractivity contribution in [1.82, 2.24) is 19.6 Å². The van der Waals surface area contributed by atoms with Crippen molar-refractivity contribution in [3.05, 3.63) is 76.7 Å². The van der Waals surface area contributed by atoms with E-state index in [1.165, 1.54) is 18.4 Å². The van der Waals surface area contributed by atoms with E-state index >= 15 is 0 Å². The predicted octanol–water partition coefficient (Wildman–Crippen LogP) is 3.52. The molecule has 4 aromatic rings. The second-order valence-electron chi connectivity index (χ2n) is 6.89. The molecule has 0 bridgehead atoms. The van der Waals surface area contributed by atoms with Crippen LogP contribution in [-0.2, 0) is 22.4 Å². The molecule has 8 nitrogen and oxygen atoms in total. The maximum absolute atomic E-state index is 12.4. The molecule has 3 aromatic heterocycles. The number of thiazole rings is 1. The number of ether oxygens (including phenoxy) is 1. The summed E-state index contributed by atoms with van der Waals surface area (Å²) in [4.78, 5) is 29.6. The zero-order chi connectivity index (χ0) is 21.6. The number of pyridine rings is 1. The van der Waals surface area contributed by atoms with Gasteiger partial charge in [0.25, 0.3) is 0 Å². The number of benzene rings is 1. The summed E-state index contributed by atoms with van der Waals surface area (Å²) in [7, 11) is 1.32. The highest BCUT2D eigenvalue weighted by molar-refractivity contribution is 7.16. The van der Waals surface area contributed by atoms with Crippen LogP contribution < -0.4 is 5.32 Å². The van der Waals surface area contributed by atoms with Gasteiger partial charge >= 0.3 is 5.97 Å². The summed E-state index contributed by atoms with van der Waals surface area (Å²) < 4.78 is 6.77. The standard InChI is InChI=1S/C22H21N5O3S/c1-30-21(29)20-16(14-15-8-3-2-4-9-15)31-22(24-20)23-19(28)12-7-11-18-26-25-17-10-5-6-13-27(17)18/h2-6,8-10,13H,7,11-12,14H2,1H3,(H,23,24,28). The van der Waals surface area contributed by atoms with Crippen LogP contribution in [0, 0.1) is 0 Å². The van der Waals surface area contributed by atoms with Gasteiger partial charge in [-0.15, -0.1) is 21.5 Å². The molecule has 3 heterocycles. The van der Waals surface area contributed by atoms with Crippen LogP contribution in [0.5, 0.6) is 0 Å². The molecule has 0 atom stereocenters. The van der Waals surface area contributed by atoms with Gasteiger partial charge in [-0.25, -0.2) is 9.78 Å². The lowest BCUT2D eigenvalue weighted by molar-refractivity contribution is -0.116. The number of hydrogen-bond acceptors (Lipinski definition) is 7. The van der Waals surface area contributed by atoms with E-state index in [9.17, 15) is 9.59 Å². The lowest BCUT2D eigenvalue weighted by Gasteiger charge is -2.02. The summed E-state index contributed by atoms with van der Waals surface area (Å²) in [6.07, 6.45) is 4.00. The molecular formula is C22H21N5O3S. The van der Waals surface area contributed by atoms with E-state index in [1.54, 1.807) is 0 Å². The van der Waals surface area contributed by atoms with Gasteiger partial charge in [0.05, 0.1) is 7.11 Å². The van der Waals surface area contributed by atoms with Crippen molar-refractivity contribution in [3.63, 3.8) is 0 Å². The summed E-state index contributed by atoms with van der Waals surface area (Å²) in [6.45, 7) is 0. The van der Waals surface area contributed by atoms with Crippen molar-refractivity contribution in [1.29, 1.82) is 0 Å². The molecule has 0 unspecified atom stereocenters. The van der Waals surface area contributed by atoms with Crippen molar-refractivity contribution >= 4 is 34.0 Å². The van der Waals surface area contributed by atoms with Gasteiger partial charge in [-0.3, -0.25) is 9.20 Å². The third-order valence-corrected chi connectivity index (χ3v) is 5.69. The lowest BCUT2D eigenvalue weighted by Crippen LogP contribution is -2.12. The van der Waals surface area contributed by atoms with Gasteiger partial charge in [-0.2, -0.15) is 0 Å². The maximum atomic E-state index is 12.4. The summed E-state index contributed by atoms with van der Waals surface area (Å²) in [5.74, 6) is 0.141. The molecule has 0 spiro atoms. The fraction of sp³-hybridized carbons (Fsp3) is 0.227. The Morgan fingerprint density at radius 3 is 2.71 bits per heavy atom. The Balaban J connectivity index is 1.38. The second kappa shape index (κ2) is 9.48. The molecule has 1 aromatic carbocycles. The molecule has 1 amide bonds. The number of carbonyl (C=O) groups is 2. The van der Waals surface area contributed by atoms with Gasteiger partial charge in [-0.1, -0.05) is 36.4 Å². The Kier molecular flexibility index (Phi) is 6.32. The predicted molar refractivity (Wildman–Crippen MR) is 117 cm³/mol. The minimum absolute atomic E-state index is 0.162. The SMILES string of the molecule is COC(=O)c1nc(NC(=O)CCCc2nnc3ccccn23)sc1Cc1ccccc1. The third kappa shape index (κ3) is 4.95. The molecule has 0 radical (unpaired) electrons. The number of nitrogens with one attached hydrogen (secondary N) is 1. The first kappa shape index (κ1) is 20.7. The number of fused-ring (bicyclic) bond motifs is 1. The molecule has 9 heteroatoms. The van der Waals surface area contributed by atoms with Gasteiger partial charge in [0.2, 0.25) is 5.91 Å².